The van der Waals surface area contributed by atoms with Gasteiger partial charge in [-0.2, -0.15) is 13.2 Å². The third kappa shape index (κ3) is 6.24. The molecule has 0 aromatic heterocycles. The zero-order valence-corrected chi connectivity index (χ0v) is 10.4. The van der Waals surface area contributed by atoms with E-state index in [-0.39, 0.29) is 12.1 Å². The molecule has 102 valence electrons. The second-order valence-corrected chi connectivity index (χ2v) is 4.65. The predicted octanol–water partition coefficient (Wildman–Crippen LogP) is 1.64. The Balaban J connectivity index is 2.10. The van der Waals surface area contributed by atoms with Crippen molar-refractivity contribution in [1.82, 2.24) is 10.2 Å². The van der Waals surface area contributed by atoms with Gasteiger partial charge in [0.1, 0.15) is 0 Å². The van der Waals surface area contributed by atoms with Crippen LogP contribution in [0.3, 0.4) is 0 Å². The summed E-state index contributed by atoms with van der Waals surface area (Å²) in [4.78, 5) is 1.27. The van der Waals surface area contributed by atoms with Crippen molar-refractivity contribution in [3.63, 3.8) is 0 Å². The van der Waals surface area contributed by atoms with Crippen molar-refractivity contribution in [2.45, 2.75) is 38.1 Å². The molecule has 0 bridgehead atoms. The fourth-order valence-electron chi connectivity index (χ4n) is 2.00. The van der Waals surface area contributed by atoms with Crippen LogP contribution in [0.2, 0.25) is 0 Å². The van der Waals surface area contributed by atoms with Gasteiger partial charge in [0.2, 0.25) is 0 Å². The Morgan fingerprint density at radius 2 is 2.18 bits per heavy atom. The molecule has 1 aliphatic heterocycles. The van der Waals surface area contributed by atoms with Crippen LogP contribution in [-0.2, 0) is 4.74 Å². The van der Waals surface area contributed by atoms with Crippen molar-refractivity contribution in [2.75, 3.05) is 33.3 Å². The van der Waals surface area contributed by atoms with Gasteiger partial charge in [-0.3, -0.25) is 4.90 Å². The molecule has 0 spiro atoms. The van der Waals surface area contributed by atoms with Gasteiger partial charge in [-0.25, -0.2) is 0 Å². The molecule has 1 heterocycles. The van der Waals surface area contributed by atoms with Crippen molar-refractivity contribution < 1.29 is 17.9 Å². The van der Waals surface area contributed by atoms with Gasteiger partial charge in [0, 0.05) is 25.7 Å². The van der Waals surface area contributed by atoms with Crippen LogP contribution < -0.4 is 5.32 Å². The lowest BCUT2D eigenvalue weighted by molar-refractivity contribution is -0.142. The van der Waals surface area contributed by atoms with Crippen LogP contribution in [0.4, 0.5) is 13.2 Å². The summed E-state index contributed by atoms with van der Waals surface area (Å²) < 4.78 is 41.7. The lowest BCUT2D eigenvalue weighted by Gasteiger charge is -2.23. The van der Waals surface area contributed by atoms with Crippen molar-refractivity contribution in [1.29, 1.82) is 0 Å². The Hall–Kier alpha value is -0.330. The molecule has 17 heavy (non-hydrogen) atoms. The molecule has 1 aliphatic rings. The number of nitrogens with zero attached hydrogens (tertiary/aromatic N) is 1. The number of nitrogens with one attached hydrogen (secondary N) is 1. The maximum Gasteiger partial charge on any atom is 0.401 e. The SMILES string of the molecule is CC(NCCN(C)CC(F)(F)F)C1CCCO1. The van der Waals surface area contributed by atoms with Gasteiger partial charge in [-0.15, -0.1) is 0 Å². The van der Waals surface area contributed by atoms with E-state index in [0.717, 1.165) is 19.4 Å². The standard InChI is InChI=1S/C11H21F3N2O/c1-9(10-4-3-7-17-10)15-5-6-16(2)8-11(12,13)14/h9-10,15H,3-8H2,1-2H3. The summed E-state index contributed by atoms with van der Waals surface area (Å²) in [7, 11) is 1.48. The van der Waals surface area contributed by atoms with E-state index in [0.29, 0.717) is 13.1 Å². The molecule has 6 heteroatoms. The van der Waals surface area contributed by atoms with Crippen LogP contribution in [0.15, 0.2) is 0 Å². The quantitative estimate of drug-likeness (QED) is 0.780. The first-order valence-electron chi connectivity index (χ1n) is 5.99. The summed E-state index contributed by atoms with van der Waals surface area (Å²) in [6.45, 7) is 2.89. The van der Waals surface area contributed by atoms with Crippen LogP contribution in [-0.4, -0.2) is 56.5 Å². The third-order valence-electron chi connectivity index (χ3n) is 2.93. The van der Waals surface area contributed by atoms with Gasteiger partial charge in [0.15, 0.2) is 0 Å². The highest BCUT2D eigenvalue weighted by molar-refractivity contribution is 4.76. The fourth-order valence-corrected chi connectivity index (χ4v) is 2.00. The first kappa shape index (κ1) is 14.7. The second-order valence-electron chi connectivity index (χ2n) is 4.65. The summed E-state index contributed by atoms with van der Waals surface area (Å²) >= 11 is 0. The van der Waals surface area contributed by atoms with Gasteiger partial charge >= 0.3 is 6.18 Å². The number of hydrogen-bond donors (Lipinski definition) is 1. The van der Waals surface area contributed by atoms with Crippen LogP contribution in [0.25, 0.3) is 0 Å². The lowest BCUT2D eigenvalue weighted by Crippen LogP contribution is -2.42. The maximum atomic E-state index is 12.1. The molecule has 1 saturated heterocycles. The molecule has 0 saturated carbocycles. The molecule has 3 nitrogen and oxygen atoms in total. The smallest absolute Gasteiger partial charge is 0.377 e. The van der Waals surface area contributed by atoms with Crippen LogP contribution in [0, 0.1) is 0 Å². The van der Waals surface area contributed by atoms with Gasteiger partial charge in [-0.1, -0.05) is 0 Å². The largest absolute Gasteiger partial charge is 0.401 e. The van der Waals surface area contributed by atoms with Crippen molar-refractivity contribution in [3.8, 4) is 0 Å². The summed E-state index contributed by atoms with van der Waals surface area (Å²) in [5.41, 5.74) is 0. The Labute approximate surface area is 100 Å². The molecular formula is C11H21F3N2O. The Morgan fingerprint density at radius 1 is 1.47 bits per heavy atom. The number of hydrogen-bond acceptors (Lipinski definition) is 3. The first-order chi connectivity index (χ1) is 7.88. The molecule has 2 atom stereocenters. The van der Waals surface area contributed by atoms with Crippen molar-refractivity contribution in [3.05, 3.63) is 0 Å². The monoisotopic (exact) mass is 254 g/mol. The molecule has 1 N–H and O–H groups in total. The van der Waals surface area contributed by atoms with E-state index in [9.17, 15) is 13.2 Å². The van der Waals surface area contributed by atoms with Crippen molar-refractivity contribution in [2.24, 2.45) is 0 Å². The predicted molar refractivity (Wildman–Crippen MR) is 60.0 cm³/mol. The maximum absolute atomic E-state index is 12.1. The zero-order valence-electron chi connectivity index (χ0n) is 10.4. The summed E-state index contributed by atoms with van der Waals surface area (Å²) in [5, 5.41) is 3.21. The van der Waals surface area contributed by atoms with E-state index in [1.807, 2.05) is 6.92 Å². The summed E-state index contributed by atoms with van der Waals surface area (Å²) in [6, 6.07) is 0.205. The number of alkyl halides is 3. The zero-order chi connectivity index (χ0) is 12.9. The van der Waals surface area contributed by atoms with Gasteiger partial charge in [0.25, 0.3) is 0 Å². The minimum absolute atomic E-state index is 0.205. The minimum Gasteiger partial charge on any atom is -0.377 e. The molecule has 0 radical (unpaired) electrons. The van der Waals surface area contributed by atoms with Gasteiger partial charge in [-0.05, 0) is 26.8 Å². The van der Waals surface area contributed by atoms with Gasteiger partial charge in [0.05, 0.1) is 12.6 Å². The van der Waals surface area contributed by atoms with E-state index in [4.69, 9.17) is 4.74 Å². The Kier molecular flexibility index (Phi) is 5.69. The number of halogens is 3. The normalized spacial score (nSPS) is 23.3. The van der Waals surface area contributed by atoms with E-state index in [2.05, 4.69) is 5.32 Å². The number of likely N-dealkylation sites (N-methyl/N-ethyl adjacent to an activating group) is 1. The molecule has 0 aromatic rings. The summed E-state index contributed by atoms with van der Waals surface area (Å²) in [6.07, 6.45) is -1.80. The Morgan fingerprint density at radius 3 is 2.71 bits per heavy atom. The average molecular weight is 254 g/mol. The highest BCUT2D eigenvalue weighted by Gasteiger charge is 2.29. The molecule has 1 fully saturated rings. The molecule has 0 aliphatic carbocycles. The van der Waals surface area contributed by atoms with Gasteiger partial charge < -0.3 is 10.1 Å². The molecule has 2 unspecified atom stereocenters. The fraction of sp³-hybridized carbons (Fsp3) is 1.00. The average Bonchev–Trinajstić information content (AvgIpc) is 2.66. The van der Waals surface area contributed by atoms with E-state index in [1.54, 1.807) is 0 Å². The molecule has 0 amide bonds. The first-order valence-corrected chi connectivity index (χ1v) is 5.99. The van der Waals surface area contributed by atoms with Crippen LogP contribution in [0.1, 0.15) is 19.8 Å². The molecular weight excluding hydrogens is 233 g/mol. The second kappa shape index (κ2) is 6.56. The number of ether oxygens (including phenoxy) is 1. The third-order valence-corrected chi connectivity index (χ3v) is 2.93. The minimum atomic E-state index is -4.12. The summed E-state index contributed by atoms with van der Waals surface area (Å²) in [5.74, 6) is 0. The van der Waals surface area contributed by atoms with Crippen LogP contribution in [0.5, 0.6) is 0 Å². The van der Waals surface area contributed by atoms with E-state index in [1.165, 1.54) is 11.9 Å². The molecule has 0 aromatic carbocycles. The van der Waals surface area contributed by atoms with Crippen molar-refractivity contribution >= 4 is 0 Å². The molecule has 1 rings (SSSR count). The highest BCUT2D eigenvalue weighted by Crippen LogP contribution is 2.16. The lowest BCUT2D eigenvalue weighted by atomic mass is 10.1. The highest BCUT2D eigenvalue weighted by atomic mass is 19.4. The van der Waals surface area contributed by atoms with Crippen LogP contribution >= 0.6 is 0 Å². The number of rotatable bonds is 6. The van der Waals surface area contributed by atoms with E-state index < -0.39 is 12.7 Å². The Bertz CT molecular complexity index is 217. The topological polar surface area (TPSA) is 24.5 Å². The van der Waals surface area contributed by atoms with E-state index >= 15 is 0 Å².